The van der Waals surface area contributed by atoms with Crippen LogP contribution in [-0.4, -0.2) is 40.9 Å². The zero-order valence-electron chi connectivity index (χ0n) is 10.2. The number of hydrogen-bond donors (Lipinski definition) is 2. The molecule has 3 N–H and O–H groups in total. The molecule has 1 atom stereocenters. The number of ether oxygens (including phenoxy) is 1. The monoisotopic (exact) mass is 238 g/mol. The molecule has 0 amide bonds. The van der Waals surface area contributed by atoms with Gasteiger partial charge in [-0.05, 0) is 19.8 Å². The molecule has 1 unspecified atom stereocenters. The van der Waals surface area contributed by atoms with Gasteiger partial charge in [-0.15, -0.1) is 0 Å². The van der Waals surface area contributed by atoms with Crippen molar-refractivity contribution in [1.29, 1.82) is 0 Å². The van der Waals surface area contributed by atoms with Gasteiger partial charge in [-0.3, -0.25) is 0 Å². The second kappa shape index (κ2) is 4.37. The van der Waals surface area contributed by atoms with Crippen molar-refractivity contribution >= 4 is 11.5 Å². The number of rotatable bonds is 2. The maximum Gasteiger partial charge on any atom is 0.242 e. The fraction of sp³-hybridized carbons (Fsp3) is 0.636. The van der Waals surface area contributed by atoms with Crippen molar-refractivity contribution in [3.63, 3.8) is 0 Å². The van der Waals surface area contributed by atoms with Crippen molar-refractivity contribution in [2.75, 3.05) is 30.8 Å². The van der Waals surface area contributed by atoms with Crippen LogP contribution in [0.5, 0.6) is 5.88 Å². The Morgan fingerprint density at radius 3 is 2.94 bits per heavy atom. The van der Waals surface area contributed by atoms with Gasteiger partial charge in [0.25, 0.3) is 0 Å². The summed E-state index contributed by atoms with van der Waals surface area (Å²) in [5.41, 5.74) is 5.67. The molecule has 1 aromatic heterocycles. The van der Waals surface area contributed by atoms with E-state index in [1.807, 2.05) is 11.8 Å². The fourth-order valence-electron chi connectivity index (χ4n) is 2.19. The fourth-order valence-corrected chi connectivity index (χ4v) is 2.19. The maximum atomic E-state index is 10.1. The lowest BCUT2D eigenvalue weighted by Gasteiger charge is -2.37. The maximum absolute atomic E-state index is 10.1. The third kappa shape index (κ3) is 2.41. The van der Waals surface area contributed by atoms with E-state index in [4.69, 9.17) is 10.5 Å². The Morgan fingerprint density at radius 2 is 2.29 bits per heavy atom. The molecule has 0 spiro atoms. The van der Waals surface area contributed by atoms with E-state index in [1.165, 1.54) is 13.4 Å². The van der Waals surface area contributed by atoms with Gasteiger partial charge in [-0.25, -0.2) is 4.98 Å². The molecule has 0 bridgehead atoms. The molecule has 0 radical (unpaired) electrons. The predicted octanol–water partition coefficient (Wildman–Crippen LogP) is 0.419. The molecular weight excluding hydrogens is 220 g/mol. The molecule has 1 aromatic rings. The van der Waals surface area contributed by atoms with E-state index >= 15 is 0 Å². The van der Waals surface area contributed by atoms with Gasteiger partial charge in [-0.2, -0.15) is 4.98 Å². The van der Waals surface area contributed by atoms with Crippen LogP contribution in [0.15, 0.2) is 6.33 Å². The summed E-state index contributed by atoms with van der Waals surface area (Å²) in [7, 11) is 1.52. The molecular formula is C11H18N4O2. The quantitative estimate of drug-likeness (QED) is 0.776. The van der Waals surface area contributed by atoms with E-state index in [9.17, 15) is 5.11 Å². The number of aliphatic hydroxyl groups is 1. The molecule has 1 aliphatic rings. The first-order valence-corrected chi connectivity index (χ1v) is 5.65. The lowest BCUT2D eigenvalue weighted by Crippen LogP contribution is -2.46. The Hall–Kier alpha value is -1.56. The second-order valence-corrected chi connectivity index (χ2v) is 4.64. The van der Waals surface area contributed by atoms with Crippen LogP contribution in [0.25, 0.3) is 0 Å². The van der Waals surface area contributed by atoms with Gasteiger partial charge in [-0.1, -0.05) is 0 Å². The van der Waals surface area contributed by atoms with Crippen LogP contribution < -0.4 is 15.4 Å². The lowest BCUT2D eigenvalue weighted by atomic mass is 9.95. The Morgan fingerprint density at radius 1 is 1.53 bits per heavy atom. The molecule has 6 heteroatoms. The van der Waals surface area contributed by atoms with Gasteiger partial charge in [0.1, 0.15) is 12.0 Å². The molecule has 6 nitrogen and oxygen atoms in total. The molecule has 1 aliphatic heterocycles. The number of nitrogen functional groups attached to an aromatic ring is 1. The van der Waals surface area contributed by atoms with Crippen LogP contribution in [0.3, 0.4) is 0 Å². The van der Waals surface area contributed by atoms with Crippen molar-refractivity contribution in [1.82, 2.24) is 9.97 Å². The van der Waals surface area contributed by atoms with Gasteiger partial charge >= 0.3 is 0 Å². The van der Waals surface area contributed by atoms with E-state index in [0.717, 1.165) is 19.4 Å². The van der Waals surface area contributed by atoms with E-state index in [2.05, 4.69) is 9.97 Å². The molecule has 2 heterocycles. The first kappa shape index (κ1) is 11.9. The first-order valence-electron chi connectivity index (χ1n) is 5.65. The largest absolute Gasteiger partial charge is 0.479 e. The molecule has 94 valence electrons. The first-order chi connectivity index (χ1) is 8.03. The van der Waals surface area contributed by atoms with Gasteiger partial charge in [0.2, 0.25) is 5.88 Å². The van der Waals surface area contributed by atoms with Gasteiger partial charge < -0.3 is 20.5 Å². The third-order valence-electron chi connectivity index (χ3n) is 2.99. The predicted molar refractivity (Wildman–Crippen MR) is 65.1 cm³/mol. The van der Waals surface area contributed by atoms with Crippen molar-refractivity contribution in [2.45, 2.75) is 25.4 Å². The average Bonchev–Trinajstić information content (AvgIpc) is 2.28. The van der Waals surface area contributed by atoms with E-state index in [1.54, 1.807) is 0 Å². The summed E-state index contributed by atoms with van der Waals surface area (Å²) in [4.78, 5) is 10.1. The molecule has 1 saturated heterocycles. The Labute approximate surface area is 100 Å². The van der Waals surface area contributed by atoms with Crippen molar-refractivity contribution in [2.24, 2.45) is 0 Å². The van der Waals surface area contributed by atoms with Crippen molar-refractivity contribution in [3.8, 4) is 5.88 Å². The van der Waals surface area contributed by atoms with Crippen LogP contribution in [-0.2, 0) is 0 Å². The second-order valence-electron chi connectivity index (χ2n) is 4.64. The Bertz CT molecular complexity index is 408. The number of nitrogens with two attached hydrogens (primary N) is 1. The third-order valence-corrected chi connectivity index (χ3v) is 2.99. The number of piperidine rings is 1. The molecule has 2 rings (SSSR count). The molecule has 0 aliphatic carbocycles. The highest BCUT2D eigenvalue weighted by atomic mass is 16.5. The summed E-state index contributed by atoms with van der Waals surface area (Å²) >= 11 is 0. The Balaban J connectivity index is 2.28. The lowest BCUT2D eigenvalue weighted by molar-refractivity contribution is 0.0447. The summed E-state index contributed by atoms with van der Waals surface area (Å²) in [5.74, 6) is 1.01. The Kier molecular flexibility index (Phi) is 3.06. The van der Waals surface area contributed by atoms with Gasteiger partial charge in [0.05, 0.1) is 12.7 Å². The number of methoxy groups -OCH3 is 1. The van der Waals surface area contributed by atoms with Crippen molar-refractivity contribution in [3.05, 3.63) is 6.33 Å². The molecule has 0 saturated carbocycles. The van der Waals surface area contributed by atoms with Crippen LogP contribution in [0.4, 0.5) is 11.5 Å². The zero-order chi connectivity index (χ0) is 12.5. The summed E-state index contributed by atoms with van der Waals surface area (Å²) in [6.45, 7) is 3.19. The minimum absolute atomic E-state index is 0.375. The molecule has 17 heavy (non-hydrogen) atoms. The highest BCUT2D eigenvalue weighted by Gasteiger charge is 2.30. The number of nitrogens with zero attached hydrogens (tertiary/aromatic N) is 3. The summed E-state index contributed by atoms with van der Waals surface area (Å²) in [6, 6.07) is 0. The van der Waals surface area contributed by atoms with E-state index < -0.39 is 5.60 Å². The minimum atomic E-state index is -0.692. The topological polar surface area (TPSA) is 84.5 Å². The summed E-state index contributed by atoms with van der Waals surface area (Å²) < 4.78 is 5.06. The molecule has 1 fully saturated rings. The van der Waals surface area contributed by atoms with Crippen LogP contribution in [0, 0.1) is 0 Å². The zero-order valence-corrected chi connectivity index (χ0v) is 10.2. The van der Waals surface area contributed by atoms with Gasteiger partial charge in [0.15, 0.2) is 5.82 Å². The highest BCUT2D eigenvalue weighted by Crippen LogP contribution is 2.31. The highest BCUT2D eigenvalue weighted by molar-refractivity contribution is 5.67. The normalized spacial score (nSPS) is 24.8. The minimum Gasteiger partial charge on any atom is -0.479 e. The van der Waals surface area contributed by atoms with E-state index in [0.29, 0.717) is 23.9 Å². The SMILES string of the molecule is COc1ncnc(N2CCCC(C)(O)C2)c1N. The number of β-amino-alcohol motifs (C(OH)–C–C–N with tert-alkyl or cyclic N) is 1. The standard InChI is InChI=1S/C11H18N4O2/c1-11(16)4-3-5-15(6-11)9-8(12)10(17-2)14-7-13-9/h7,16H,3-6,12H2,1-2H3. The van der Waals surface area contributed by atoms with Crippen LogP contribution >= 0.6 is 0 Å². The summed E-state index contributed by atoms with van der Waals surface area (Å²) in [5, 5.41) is 10.1. The number of anilines is 2. The smallest absolute Gasteiger partial charge is 0.242 e. The number of hydrogen-bond acceptors (Lipinski definition) is 6. The average molecular weight is 238 g/mol. The number of aromatic nitrogens is 2. The van der Waals surface area contributed by atoms with Crippen LogP contribution in [0.2, 0.25) is 0 Å². The summed E-state index contributed by atoms with van der Waals surface area (Å²) in [6.07, 6.45) is 3.14. The van der Waals surface area contributed by atoms with E-state index in [-0.39, 0.29) is 0 Å². The van der Waals surface area contributed by atoms with Crippen LogP contribution in [0.1, 0.15) is 19.8 Å². The van der Waals surface area contributed by atoms with Gasteiger partial charge in [0, 0.05) is 13.1 Å². The van der Waals surface area contributed by atoms with Crippen molar-refractivity contribution < 1.29 is 9.84 Å². The molecule has 0 aromatic carbocycles.